The number of nitrogens with zero attached hydrogens (tertiary/aromatic N) is 10. The molecule has 11 aromatic rings. The van der Waals surface area contributed by atoms with Crippen molar-refractivity contribution in [2.75, 3.05) is 38.0 Å². The van der Waals surface area contributed by atoms with Crippen LogP contribution in [0.15, 0.2) is 334 Å². The number of amides is 24. The standard InChI is InChI=1S/C24H19ClN2O3.C24H19IN2O3.C18H15IN2O3.C13H14N2O4.C12H11BrN2O3.C12H11IN2O3/c2*25-24(16-18-10-4-1-5-11-18)21(28)26(17-19-12-6-2-7-13-19)23(30)27(22(24)29)20-14-8-3-9-15-20;19-18(11-13-7-3-1-4-8-13)15(22)20-17(24)21(16(18)23)12-14-9-5-2-6-10-14;1-14-10(16)13(19,11(17)15(2)12(14)18)8-9-6-4-3-5-7-9;1-14-9(16)12(13,8-6-4-3-5-7-8)10(17)15(2)11(14)18;1-12(13)9(16)14-11(18)15(10(12)17)7-8-5-3-2-4-6-8/h2*1-15H,16-17H2;1-10H,11-12H2,(H,20,22,24);3-7,19H,8H2,1-2H3;3-7H,1-2H3;2-6H,7H2,1H3,(H,14,16,18). The molecule has 710 valence electrons. The van der Waals surface area contributed by atoms with Crippen LogP contribution < -0.4 is 20.4 Å². The Labute approximate surface area is 853 Å². The van der Waals surface area contributed by atoms with Crippen molar-refractivity contribution in [3.63, 3.8) is 0 Å². The first-order valence-electron chi connectivity index (χ1n) is 42.8. The number of hydrogen-bond acceptors (Lipinski definition) is 19. The minimum Gasteiger partial charge on any atom is -0.371 e. The Bertz CT molecular complexity index is 6270. The molecule has 36 heteroatoms. The van der Waals surface area contributed by atoms with Crippen LogP contribution in [0.4, 0.5) is 40.1 Å². The summed E-state index contributed by atoms with van der Waals surface area (Å²) in [7, 11) is 5.19. The molecule has 6 aliphatic rings. The van der Waals surface area contributed by atoms with Crippen LogP contribution in [-0.4, -0.2) is 200 Å². The molecule has 11 aromatic carbocycles. The fraction of sp³-hybridized carbons (Fsp3) is 0.184. The van der Waals surface area contributed by atoms with Gasteiger partial charge >= 0.3 is 36.2 Å². The maximum absolute atomic E-state index is 13.5. The van der Waals surface area contributed by atoms with Crippen LogP contribution in [0.2, 0.25) is 0 Å². The minimum atomic E-state index is -2.22. The van der Waals surface area contributed by atoms with Gasteiger partial charge in [-0.2, -0.15) is 0 Å². The molecule has 0 radical (unpaired) electrons. The predicted molar refractivity (Wildman–Crippen MR) is 543 cm³/mol. The van der Waals surface area contributed by atoms with Crippen molar-refractivity contribution >= 4 is 214 Å². The van der Waals surface area contributed by atoms with Gasteiger partial charge in [0.1, 0.15) is 0 Å². The summed E-state index contributed by atoms with van der Waals surface area (Å²) in [5.41, 5.74) is 5.45. The summed E-state index contributed by atoms with van der Waals surface area (Å²) in [6.07, 6.45) is 0.258. The van der Waals surface area contributed by atoms with E-state index in [0.29, 0.717) is 22.5 Å². The number of carbonyl (C=O) groups excluding carboxylic acids is 18. The highest BCUT2D eigenvalue weighted by molar-refractivity contribution is 14.1. The highest BCUT2D eigenvalue weighted by atomic mass is 127. The third-order valence-electron chi connectivity index (χ3n) is 22.8. The number of alkyl halides is 5. The molecule has 3 N–H and O–H groups in total. The highest BCUT2D eigenvalue weighted by Crippen LogP contribution is 2.42. The van der Waals surface area contributed by atoms with Crippen LogP contribution >= 0.6 is 95.3 Å². The average molecular weight is 2290 g/mol. The number of benzene rings is 11. The van der Waals surface area contributed by atoms with E-state index in [9.17, 15) is 91.4 Å². The second kappa shape index (κ2) is 45.1. The Hall–Kier alpha value is -14.0. The lowest BCUT2D eigenvalue weighted by atomic mass is 9.90. The quantitative estimate of drug-likeness (QED) is 0.0384. The highest BCUT2D eigenvalue weighted by Gasteiger charge is 2.61. The SMILES string of the molecule is CC1(I)C(=O)NC(=O)N(Cc2ccccc2)C1=O.CN1C(=O)N(C)C(=O)C(Br)(c2ccccc2)C1=O.CN1C(=O)N(C)C(=O)C(O)(Cc2ccccc2)C1=O.O=C1N(Cc2ccccc2)C(=O)C(Cl)(Cc2ccccc2)C(=O)N1c1ccccc1.O=C1N(Cc2ccccc2)C(=O)C(I)(Cc2ccccc2)C(=O)N1c1ccccc1.O=C1NC(=O)C(I)(Cc2ccccc2)C(=O)N1Cc1ccccc1. The topological polar surface area (TPSA) is 384 Å². The van der Waals surface area contributed by atoms with E-state index in [1.54, 1.807) is 150 Å². The first-order chi connectivity index (χ1) is 66.2. The summed E-state index contributed by atoms with van der Waals surface area (Å²) < 4.78 is -5.51. The van der Waals surface area contributed by atoms with Gasteiger partial charge in [-0.1, -0.05) is 405 Å². The fourth-order valence-corrected chi connectivity index (χ4v) is 18.6. The lowest BCUT2D eigenvalue weighted by Gasteiger charge is -2.41. The van der Waals surface area contributed by atoms with E-state index in [1.807, 2.05) is 251 Å². The molecule has 6 aliphatic heterocycles. The lowest BCUT2D eigenvalue weighted by Crippen LogP contribution is -2.67. The zero-order valence-electron chi connectivity index (χ0n) is 75.1. The number of nitrogens with one attached hydrogen (secondary N) is 2. The van der Waals surface area contributed by atoms with Gasteiger partial charge in [-0.15, -0.1) is 0 Å². The zero-order chi connectivity index (χ0) is 100. The van der Waals surface area contributed by atoms with Crippen LogP contribution in [0.5, 0.6) is 0 Å². The molecule has 4 atom stereocenters. The summed E-state index contributed by atoms with van der Waals surface area (Å²) in [5.74, 6) is -7.51. The Morgan fingerprint density at radius 2 is 0.540 bits per heavy atom. The Morgan fingerprint density at radius 1 is 0.281 bits per heavy atom. The van der Waals surface area contributed by atoms with E-state index in [1.165, 1.54) is 40.0 Å². The van der Waals surface area contributed by atoms with Gasteiger partial charge in [0.05, 0.1) is 37.6 Å². The van der Waals surface area contributed by atoms with Crippen molar-refractivity contribution in [1.29, 1.82) is 0 Å². The fourth-order valence-electron chi connectivity index (χ4n) is 15.2. The van der Waals surface area contributed by atoms with Gasteiger partial charge in [0.2, 0.25) is 14.8 Å². The van der Waals surface area contributed by atoms with E-state index in [4.69, 9.17) is 11.6 Å². The molecule has 139 heavy (non-hydrogen) atoms. The molecule has 0 spiro atoms. The molecular weight excluding hydrogens is 2210 g/mol. The summed E-state index contributed by atoms with van der Waals surface area (Å²) in [4.78, 5) is 233. The predicted octanol–water partition coefficient (Wildman–Crippen LogP) is 14.5. The normalized spacial score (nSPS) is 20.2. The van der Waals surface area contributed by atoms with Crippen LogP contribution in [0.3, 0.4) is 0 Å². The maximum atomic E-state index is 13.5. The Balaban J connectivity index is 0.000000151. The average Bonchev–Trinajstić information content (AvgIpc) is 0.741. The molecule has 0 aliphatic carbocycles. The summed E-state index contributed by atoms with van der Waals surface area (Å²) in [6.45, 7) is 1.93. The van der Waals surface area contributed by atoms with Crippen molar-refractivity contribution in [3.05, 3.63) is 384 Å². The summed E-state index contributed by atoms with van der Waals surface area (Å²) >= 11 is 15.5. The minimum absolute atomic E-state index is 0.0189. The maximum Gasteiger partial charge on any atom is 0.338 e. The van der Waals surface area contributed by atoms with Gasteiger partial charge in [0.25, 0.3) is 70.9 Å². The van der Waals surface area contributed by atoms with E-state index >= 15 is 0 Å². The number of aliphatic hydroxyl groups is 1. The van der Waals surface area contributed by atoms with E-state index < -0.39 is 132 Å². The van der Waals surface area contributed by atoms with Gasteiger partial charge < -0.3 is 5.11 Å². The smallest absolute Gasteiger partial charge is 0.338 e. The van der Waals surface area contributed by atoms with Gasteiger partial charge in [-0.05, 0) is 81.3 Å². The molecule has 24 amide bonds. The number of imide groups is 12. The van der Waals surface area contributed by atoms with Crippen molar-refractivity contribution < 1.29 is 91.4 Å². The lowest BCUT2D eigenvalue weighted by molar-refractivity contribution is -0.167. The van der Waals surface area contributed by atoms with Gasteiger partial charge in [0, 0.05) is 53.9 Å². The molecule has 4 unspecified atom stereocenters. The van der Waals surface area contributed by atoms with E-state index in [2.05, 4.69) is 26.6 Å². The summed E-state index contributed by atoms with van der Waals surface area (Å²) in [6, 6.07) is 95.1. The third kappa shape index (κ3) is 22.9. The first-order valence-corrected chi connectivity index (χ1v) is 47.2. The molecule has 31 nitrogen and oxygen atoms in total. The van der Waals surface area contributed by atoms with Crippen molar-refractivity contribution in [2.45, 2.75) is 83.9 Å². The second-order valence-electron chi connectivity index (χ2n) is 32.5. The van der Waals surface area contributed by atoms with Gasteiger partial charge in [-0.25, -0.2) is 38.6 Å². The number of barbiturate groups is 6. The molecule has 17 rings (SSSR count). The van der Waals surface area contributed by atoms with Gasteiger partial charge in [0.15, 0.2) is 10.3 Å². The van der Waals surface area contributed by atoms with Crippen molar-refractivity contribution in [3.8, 4) is 0 Å². The van der Waals surface area contributed by atoms with Crippen LogP contribution in [-0.2, 0) is 114 Å². The molecule has 6 fully saturated rings. The number of halogens is 5. The second-order valence-corrected chi connectivity index (χ2v) is 40.2. The number of urea groups is 6. The monoisotopic (exact) mass is 2290 g/mol. The number of likely N-dealkylation sites (N-methyl/N-ethyl adjacent to an activating group) is 4. The zero-order valence-corrected chi connectivity index (χ0v) is 83.9. The molecule has 6 saturated heterocycles. The van der Waals surface area contributed by atoms with E-state index in [-0.39, 0.29) is 51.9 Å². The molecule has 0 saturated carbocycles. The summed E-state index contributed by atoms with van der Waals surface area (Å²) in [5, 5.41) is 14.9. The Morgan fingerprint density at radius 3 is 0.892 bits per heavy atom. The first kappa shape index (κ1) is 104. The number of rotatable bonds is 19. The number of hydrogen-bond donors (Lipinski definition) is 3. The van der Waals surface area contributed by atoms with Crippen LogP contribution in [0.1, 0.15) is 57.0 Å². The number of para-hydroxylation sites is 2. The Kier molecular flexibility index (Phi) is 33.7. The van der Waals surface area contributed by atoms with Crippen LogP contribution in [0, 0.1) is 0 Å². The molecule has 6 heterocycles. The molecular formula is C103H89BrClI3N12O19. The van der Waals surface area contributed by atoms with Crippen molar-refractivity contribution in [1.82, 2.24) is 49.8 Å². The van der Waals surface area contributed by atoms with E-state index in [0.717, 1.165) is 83.0 Å². The molecule has 0 bridgehead atoms. The molecule has 0 aromatic heterocycles. The van der Waals surface area contributed by atoms with Crippen LogP contribution in [0.25, 0.3) is 0 Å². The van der Waals surface area contributed by atoms with Crippen molar-refractivity contribution in [2.24, 2.45) is 0 Å². The third-order valence-corrected chi connectivity index (χ3v) is 28.0. The number of carbonyl (C=O) groups is 18. The number of anilines is 2. The largest absolute Gasteiger partial charge is 0.371 e. The van der Waals surface area contributed by atoms with Gasteiger partial charge in [-0.3, -0.25) is 107 Å².